The summed E-state index contributed by atoms with van der Waals surface area (Å²) >= 11 is 0. The summed E-state index contributed by atoms with van der Waals surface area (Å²) in [6, 6.07) is 16.0. The molecule has 0 fully saturated rings. The molecule has 0 aliphatic carbocycles. The second-order valence-corrected chi connectivity index (χ2v) is 4.73. The van der Waals surface area contributed by atoms with Crippen LogP contribution in [0.5, 0.6) is 11.6 Å². The minimum atomic E-state index is -0.688. The quantitative estimate of drug-likeness (QED) is 0.536. The lowest BCUT2D eigenvalue weighted by Crippen LogP contribution is -1.99. The summed E-state index contributed by atoms with van der Waals surface area (Å²) in [7, 11) is 0. The fourth-order valence-electron chi connectivity index (χ4n) is 2.11. The summed E-state index contributed by atoms with van der Waals surface area (Å²) < 4.78 is 5.44. The first kappa shape index (κ1) is 15.1. The maximum atomic E-state index is 11.1. The van der Waals surface area contributed by atoms with Crippen molar-refractivity contribution in [1.29, 1.82) is 5.26 Å². The zero-order chi connectivity index (χ0) is 16.9. The Morgan fingerprint density at radius 3 is 2.50 bits per heavy atom. The maximum absolute atomic E-state index is 11.1. The molecule has 0 amide bonds. The number of aromatic nitrogens is 2. The Morgan fingerprint density at radius 1 is 1.08 bits per heavy atom. The topological polar surface area (TPSA) is 102 Å². The third-order valence-corrected chi connectivity index (χ3v) is 3.21. The van der Waals surface area contributed by atoms with E-state index >= 15 is 0 Å². The second kappa shape index (κ2) is 6.54. The third-order valence-electron chi connectivity index (χ3n) is 3.21. The van der Waals surface area contributed by atoms with Crippen LogP contribution in [-0.2, 0) is 0 Å². The highest BCUT2D eigenvalue weighted by molar-refractivity contribution is 5.59. The lowest BCUT2D eigenvalue weighted by Gasteiger charge is -2.06. The van der Waals surface area contributed by atoms with Crippen LogP contribution < -0.4 is 4.74 Å². The third kappa shape index (κ3) is 3.03. The molecule has 0 aliphatic heterocycles. The molecular weight excluding hydrogens is 308 g/mol. The van der Waals surface area contributed by atoms with Gasteiger partial charge in [0.2, 0.25) is 0 Å². The summed E-state index contributed by atoms with van der Waals surface area (Å²) in [5.41, 5.74) is 1.11. The lowest BCUT2D eigenvalue weighted by atomic mass is 10.1. The predicted octanol–water partition coefficient (Wildman–Crippen LogP) is 3.72. The van der Waals surface area contributed by atoms with Gasteiger partial charge in [0.1, 0.15) is 17.4 Å². The normalized spacial score (nSPS) is 9.96. The summed E-state index contributed by atoms with van der Waals surface area (Å²) in [4.78, 5) is 18.6. The molecule has 3 aromatic rings. The van der Waals surface area contributed by atoms with Crippen molar-refractivity contribution in [2.45, 2.75) is 0 Å². The molecule has 0 aliphatic rings. The number of hydrogen-bond donors (Lipinski definition) is 0. The second-order valence-electron chi connectivity index (χ2n) is 4.73. The fourth-order valence-corrected chi connectivity index (χ4v) is 2.11. The van der Waals surface area contributed by atoms with E-state index in [1.165, 1.54) is 18.5 Å². The van der Waals surface area contributed by atoms with Crippen molar-refractivity contribution < 1.29 is 9.66 Å². The van der Waals surface area contributed by atoms with Gasteiger partial charge in [-0.05, 0) is 18.2 Å². The van der Waals surface area contributed by atoms with E-state index in [-0.39, 0.29) is 11.4 Å². The molecule has 0 spiro atoms. The Kier molecular flexibility index (Phi) is 4.12. The van der Waals surface area contributed by atoms with Gasteiger partial charge in [0.05, 0.1) is 16.8 Å². The van der Waals surface area contributed by atoms with Crippen LogP contribution in [0.1, 0.15) is 5.56 Å². The monoisotopic (exact) mass is 318 g/mol. The van der Waals surface area contributed by atoms with Crippen molar-refractivity contribution in [2.75, 3.05) is 0 Å². The lowest BCUT2D eigenvalue weighted by molar-refractivity contribution is -0.386. The van der Waals surface area contributed by atoms with Crippen molar-refractivity contribution in [2.24, 2.45) is 0 Å². The number of rotatable bonds is 4. The van der Waals surface area contributed by atoms with Crippen LogP contribution in [0.2, 0.25) is 0 Å². The average Bonchev–Trinajstić information content (AvgIpc) is 2.62. The molecule has 2 heterocycles. The Bertz CT molecular complexity index is 919. The number of ether oxygens (including phenoxy) is 1. The van der Waals surface area contributed by atoms with Gasteiger partial charge in [-0.15, -0.1) is 0 Å². The van der Waals surface area contributed by atoms with Gasteiger partial charge in [-0.25, -0.2) is 4.98 Å². The van der Waals surface area contributed by atoms with Gasteiger partial charge in [-0.2, -0.15) is 5.26 Å². The maximum Gasteiger partial charge on any atom is 0.348 e. The van der Waals surface area contributed by atoms with Gasteiger partial charge < -0.3 is 4.74 Å². The summed E-state index contributed by atoms with van der Waals surface area (Å²) in [5.74, 6) is 0.0497. The molecule has 1 aromatic carbocycles. The molecule has 0 radical (unpaired) electrons. The zero-order valence-electron chi connectivity index (χ0n) is 12.3. The molecular formula is C17H10N4O3. The molecule has 3 rings (SSSR count). The van der Waals surface area contributed by atoms with Crippen LogP contribution in [0.3, 0.4) is 0 Å². The molecule has 0 unspecified atom stereocenters. The van der Waals surface area contributed by atoms with Crippen molar-refractivity contribution in [1.82, 2.24) is 9.97 Å². The van der Waals surface area contributed by atoms with Crippen molar-refractivity contribution in [3.8, 4) is 29.0 Å². The molecule has 24 heavy (non-hydrogen) atoms. The van der Waals surface area contributed by atoms with Crippen molar-refractivity contribution in [3.63, 3.8) is 0 Å². The molecule has 116 valence electrons. The largest absolute Gasteiger partial charge is 0.432 e. The first-order chi connectivity index (χ1) is 11.7. The number of nitrogens with zero attached hydrogens (tertiary/aromatic N) is 4. The van der Waals surface area contributed by atoms with E-state index < -0.39 is 10.6 Å². The molecule has 7 heteroatoms. The number of pyridine rings is 2. The highest BCUT2D eigenvalue weighted by Crippen LogP contribution is 2.31. The number of benzene rings is 1. The Hall–Kier alpha value is -3.79. The highest BCUT2D eigenvalue weighted by Gasteiger charge is 2.23. The van der Waals surface area contributed by atoms with Gasteiger partial charge >= 0.3 is 11.6 Å². The van der Waals surface area contributed by atoms with E-state index in [2.05, 4.69) is 9.97 Å². The molecule has 2 aromatic heterocycles. The van der Waals surface area contributed by atoms with Crippen LogP contribution in [0.25, 0.3) is 11.3 Å². The van der Waals surface area contributed by atoms with Gasteiger partial charge in [-0.1, -0.05) is 30.3 Å². The molecule has 0 bridgehead atoms. The summed E-state index contributed by atoms with van der Waals surface area (Å²) in [5, 5.41) is 20.1. The van der Waals surface area contributed by atoms with Gasteiger partial charge in [0.15, 0.2) is 0 Å². The standard InChI is InChI=1S/C17H10N4O3/c18-10-13-8-9-19-17(16(13)21(22)23)24-14-6-7-15(20-11-14)12-4-2-1-3-5-12/h1-9,11H. The van der Waals surface area contributed by atoms with Gasteiger partial charge in [-0.3, -0.25) is 15.1 Å². The Balaban J connectivity index is 1.90. The first-order valence-corrected chi connectivity index (χ1v) is 6.92. The minimum absolute atomic E-state index is 0.112. The number of nitro groups is 1. The first-order valence-electron chi connectivity index (χ1n) is 6.92. The van der Waals surface area contributed by atoms with Crippen LogP contribution in [0.15, 0.2) is 60.9 Å². The van der Waals surface area contributed by atoms with E-state index in [9.17, 15) is 10.1 Å². The number of nitriles is 1. The zero-order valence-corrected chi connectivity index (χ0v) is 12.3. The Labute approximate surface area is 137 Å². The van der Waals surface area contributed by atoms with E-state index in [4.69, 9.17) is 10.00 Å². The van der Waals surface area contributed by atoms with E-state index in [1.807, 2.05) is 30.3 Å². The van der Waals surface area contributed by atoms with Crippen LogP contribution in [0, 0.1) is 21.4 Å². The van der Waals surface area contributed by atoms with E-state index in [0.717, 1.165) is 11.3 Å². The van der Waals surface area contributed by atoms with E-state index in [0.29, 0.717) is 5.75 Å². The summed E-state index contributed by atoms with van der Waals surface area (Å²) in [6.45, 7) is 0. The molecule has 0 N–H and O–H groups in total. The molecule has 0 saturated carbocycles. The van der Waals surface area contributed by atoms with Crippen LogP contribution in [0.4, 0.5) is 5.69 Å². The fraction of sp³-hybridized carbons (Fsp3) is 0. The highest BCUT2D eigenvalue weighted by atomic mass is 16.6. The predicted molar refractivity (Wildman–Crippen MR) is 85.4 cm³/mol. The SMILES string of the molecule is N#Cc1ccnc(Oc2ccc(-c3ccccc3)nc2)c1[N+](=O)[O-]. The van der Waals surface area contributed by atoms with Crippen LogP contribution in [-0.4, -0.2) is 14.9 Å². The van der Waals surface area contributed by atoms with Gasteiger partial charge in [0, 0.05) is 11.8 Å². The van der Waals surface area contributed by atoms with Gasteiger partial charge in [0.25, 0.3) is 0 Å². The average molecular weight is 318 g/mol. The Morgan fingerprint density at radius 2 is 1.88 bits per heavy atom. The number of hydrogen-bond acceptors (Lipinski definition) is 6. The molecule has 0 saturated heterocycles. The minimum Gasteiger partial charge on any atom is -0.432 e. The molecule has 0 atom stereocenters. The smallest absolute Gasteiger partial charge is 0.348 e. The van der Waals surface area contributed by atoms with E-state index in [1.54, 1.807) is 18.2 Å². The summed E-state index contributed by atoms with van der Waals surface area (Å²) in [6.07, 6.45) is 2.74. The van der Waals surface area contributed by atoms with Crippen molar-refractivity contribution in [3.05, 3.63) is 76.6 Å². The van der Waals surface area contributed by atoms with Crippen LogP contribution >= 0.6 is 0 Å². The van der Waals surface area contributed by atoms with Crippen molar-refractivity contribution >= 4 is 5.69 Å². The molecule has 7 nitrogen and oxygen atoms in total.